The summed E-state index contributed by atoms with van der Waals surface area (Å²) in [4.78, 5) is 16.5. The minimum Gasteiger partial charge on any atom is -0.468 e. The molecule has 2 aromatic carbocycles. The van der Waals surface area contributed by atoms with Gasteiger partial charge in [0.25, 0.3) is 0 Å². The highest BCUT2D eigenvalue weighted by atomic mass is 32.2. The molecule has 0 bridgehead atoms. The molecule has 156 valence electrons. The highest BCUT2D eigenvalue weighted by Crippen LogP contribution is 2.37. The molecule has 0 aliphatic heterocycles. The molecule has 9 heteroatoms. The van der Waals surface area contributed by atoms with Gasteiger partial charge in [0.05, 0.1) is 12.0 Å². The van der Waals surface area contributed by atoms with E-state index in [9.17, 15) is 13.2 Å². The van der Waals surface area contributed by atoms with Crippen LogP contribution in [0.25, 0.3) is 30.7 Å². The third-order valence-corrected chi connectivity index (χ3v) is 8.23. The Morgan fingerprint density at radius 2 is 1.90 bits per heavy atom. The molecule has 2 heterocycles. The maximum absolute atomic E-state index is 13.0. The molecule has 1 N–H and O–H groups in total. The number of nitrogens with one attached hydrogen (secondary N) is 1. The lowest BCUT2D eigenvalue weighted by atomic mass is 10.1. The average molecular weight is 461 g/mol. The molecule has 0 aliphatic rings. The average Bonchev–Trinajstić information content (AvgIpc) is 3.38. The quantitative estimate of drug-likeness (QED) is 0.423. The number of aromatic nitrogens is 1. The number of hydrogen-bond acceptors (Lipinski definition) is 7. The summed E-state index contributed by atoms with van der Waals surface area (Å²) >= 11 is 3.18. The number of thiazole rings is 1. The van der Waals surface area contributed by atoms with Crippen molar-refractivity contribution in [3.8, 4) is 10.6 Å². The van der Waals surface area contributed by atoms with Crippen LogP contribution in [0.1, 0.15) is 13.8 Å². The number of hydrogen-bond donors (Lipinski definition) is 1. The molecule has 0 fully saturated rings. The SMILES string of the molecule is COC(=O)C(NS(=O)(=O)c1ccc2sc3cc(-c4nccs4)ccc3c2c1)C(C)C. The van der Waals surface area contributed by atoms with Crippen molar-refractivity contribution in [2.45, 2.75) is 24.8 Å². The standard InChI is InChI=1S/C21H20N2O4S3/c1-12(2)19(21(24)27-3)23-30(25,26)14-5-7-17-16(11-14)15-6-4-13(10-18(15)29-17)20-22-8-9-28-20/h4-12,19,23H,1-3H3. The number of ether oxygens (including phenoxy) is 1. The van der Waals surface area contributed by atoms with Crippen LogP contribution in [0.2, 0.25) is 0 Å². The molecule has 30 heavy (non-hydrogen) atoms. The number of benzene rings is 2. The van der Waals surface area contributed by atoms with Crippen molar-refractivity contribution >= 4 is 58.8 Å². The first-order valence-electron chi connectivity index (χ1n) is 9.26. The lowest BCUT2D eigenvalue weighted by molar-refractivity contribution is -0.143. The fourth-order valence-electron chi connectivity index (χ4n) is 3.24. The zero-order valence-electron chi connectivity index (χ0n) is 16.6. The Balaban J connectivity index is 1.75. The summed E-state index contributed by atoms with van der Waals surface area (Å²) in [6.07, 6.45) is 1.78. The number of thiophene rings is 1. The summed E-state index contributed by atoms with van der Waals surface area (Å²) in [5, 5.41) is 4.74. The van der Waals surface area contributed by atoms with E-state index in [4.69, 9.17) is 4.74 Å². The van der Waals surface area contributed by atoms with Gasteiger partial charge in [0.2, 0.25) is 10.0 Å². The zero-order valence-corrected chi connectivity index (χ0v) is 19.0. The summed E-state index contributed by atoms with van der Waals surface area (Å²) in [5.41, 5.74) is 1.04. The van der Waals surface area contributed by atoms with Gasteiger partial charge in [0.1, 0.15) is 11.0 Å². The Bertz CT molecular complexity index is 1330. The topological polar surface area (TPSA) is 85.4 Å². The van der Waals surface area contributed by atoms with Crippen molar-refractivity contribution in [1.82, 2.24) is 9.71 Å². The first-order chi connectivity index (χ1) is 14.3. The summed E-state index contributed by atoms with van der Waals surface area (Å²) in [6, 6.07) is 10.2. The van der Waals surface area contributed by atoms with Crippen LogP contribution in [0.3, 0.4) is 0 Å². The van der Waals surface area contributed by atoms with Gasteiger partial charge in [-0.15, -0.1) is 22.7 Å². The van der Waals surface area contributed by atoms with Gasteiger partial charge in [-0.25, -0.2) is 13.4 Å². The van der Waals surface area contributed by atoms with Crippen molar-refractivity contribution < 1.29 is 17.9 Å². The summed E-state index contributed by atoms with van der Waals surface area (Å²) in [7, 11) is -2.65. The Morgan fingerprint density at radius 3 is 2.57 bits per heavy atom. The van der Waals surface area contributed by atoms with Gasteiger partial charge in [-0.1, -0.05) is 26.0 Å². The van der Waals surface area contributed by atoms with Crippen LogP contribution in [0, 0.1) is 5.92 Å². The van der Waals surface area contributed by atoms with Gasteiger partial charge >= 0.3 is 5.97 Å². The third-order valence-electron chi connectivity index (χ3n) is 4.84. The number of carbonyl (C=O) groups is 1. The van der Waals surface area contributed by atoms with Crippen LogP contribution >= 0.6 is 22.7 Å². The summed E-state index contributed by atoms with van der Waals surface area (Å²) in [6.45, 7) is 3.53. The molecule has 0 aliphatic carbocycles. The molecule has 4 aromatic rings. The minimum absolute atomic E-state index is 0.119. The van der Waals surface area contributed by atoms with Crippen LogP contribution in [0.5, 0.6) is 0 Å². The van der Waals surface area contributed by atoms with E-state index in [1.165, 1.54) is 7.11 Å². The van der Waals surface area contributed by atoms with Crippen LogP contribution in [-0.2, 0) is 19.6 Å². The van der Waals surface area contributed by atoms with E-state index in [1.54, 1.807) is 60.9 Å². The van der Waals surface area contributed by atoms with Crippen LogP contribution in [0.15, 0.2) is 52.9 Å². The molecular formula is C21H20N2O4S3. The van der Waals surface area contributed by atoms with Crippen molar-refractivity contribution in [2.24, 2.45) is 5.92 Å². The number of esters is 1. The number of fused-ring (bicyclic) bond motifs is 3. The molecule has 1 atom stereocenters. The summed E-state index contributed by atoms with van der Waals surface area (Å²) in [5.74, 6) is -0.854. The van der Waals surface area contributed by atoms with Crippen LogP contribution < -0.4 is 4.72 Å². The van der Waals surface area contributed by atoms with E-state index < -0.39 is 22.0 Å². The van der Waals surface area contributed by atoms with E-state index in [0.29, 0.717) is 0 Å². The third kappa shape index (κ3) is 3.85. The first-order valence-corrected chi connectivity index (χ1v) is 12.4. The van der Waals surface area contributed by atoms with E-state index in [2.05, 4.69) is 15.8 Å². The van der Waals surface area contributed by atoms with Gasteiger partial charge in [-0.05, 0) is 30.2 Å². The molecular weight excluding hydrogens is 440 g/mol. The lowest BCUT2D eigenvalue weighted by Gasteiger charge is -2.19. The molecule has 6 nitrogen and oxygen atoms in total. The number of methoxy groups -OCH3 is 1. The highest BCUT2D eigenvalue weighted by molar-refractivity contribution is 7.89. The van der Waals surface area contributed by atoms with Crippen molar-refractivity contribution in [3.05, 3.63) is 48.0 Å². The number of rotatable bonds is 6. The molecule has 4 rings (SSSR count). The highest BCUT2D eigenvalue weighted by Gasteiger charge is 2.29. The van der Waals surface area contributed by atoms with Crippen LogP contribution in [0.4, 0.5) is 0 Å². The largest absolute Gasteiger partial charge is 0.468 e. The second kappa shape index (κ2) is 8.07. The fourth-order valence-corrected chi connectivity index (χ4v) is 6.36. The summed E-state index contributed by atoms with van der Waals surface area (Å²) < 4.78 is 35.2. The Labute approximate surface area is 182 Å². The second-order valence-electron chi connectivity index (χ2n) is 7.17. The molecule has 2 aromatic heterocycles. The molecule has 1 unspecified atom stereocenters. The van der Waals surface area contributed by atoms with Gasteiger partial charge < -0.3 is 4.74 Å². The van der Waals surface area contributed by atoms with Crippen molar-refractivity contribution in [3.63, 3.8) is 0 Å². The maximum atomic E-state index is 13.0. The van der Waals surface area contributed by atoms with Crippen LogP contribution in [-0.4, -0.2) is 32.5 Å². The van der Waals surface area contributed by atoms with Gasteiger partial charge in [0, 0.05) is 37.3 Å². The predicted octanol–water partition coefficient (Wildman–Crippen LogP) is 4.65. The second-order valence-corrected chi connectivity index (χ2v) is 10.9. The van der Waals surface area contributed by atoms with E-state index in [-0.39, 0.29) is 10.8 Å². The van der Waals surface area contributed by atoms with Crippen molar-refractivity contribution in [2.75, 3.05) is 7.11 Å². The minimum atomic E-state index is -3.90. The van der Waals surface area contributed by atoms with E-state index in [1.807, 2.05) is 17.5 Å². The Kier molecular flexibility index (Phi) is 5.63. The monoisotopic (exact) mass is 460 g/mol. The van der Waals surface area contributed by atoms with Gasteiger partial charge in [0.15, 0.2) is 0 Å². The molecule has 0 saturated heterocycles. The molecule has 0 spiro atoms. The number of sulfonamides is 1. The van der Waals surface area contributed by atoms with Gasteiger partial charge in [-0.2, -0.15) is 4.72 Å². The zero-order chi connectivity index (χ0) is 21.5. The molecule has 0 radical (unpaired) electrons. The fraction of sp³-hybridized carbons (Fsp3) is 0.238. The van der Waals surface area contributed by atoms with Crippen molar-refractivity contribution in [1.29, 1.82) is 0 Å². The van der Waals surface area contributed by atoms with E-state index >= 15 is 0 Å². The molecule has 0 amide bonds. The normalized spacial score (nSPS) is 13.2. The predicted molar refractivity (Wildman–Crippen MR) is 121 cm³/mol. The molecule has 0 saturated carbocycles. The first kappa shape index (κ1) is 20.9. The Morgan fingerprint density at radius 1 is 1.10 bits per heavy atom. The smallest absolute Gasteiger partial charge is 0.324 e. The van der Waals surface area contributed by atoms with Gasteiger partial charge in [-0.3, -0.25) is 4.79 Å². The van der Waals surface area contributed by atoms with E-state index in [0.717, 1.165) is 30.7 Å². The number of nitrogens with zero attached hydrogens (tertiary/aromatic N) is 1. The Hall–Kier alpha value is -2.33. The number of carbonyl (C=O) groups excluding carboxylic acids is 1. The lowest BCUT2D eigenvalue weighted by Crippen LogP contribution is -2.44. The maximum Gasteiger partial charge on any atom is 0.324 e.